The predicted molar refractivity (Wildman–Crippen MR) is 120 cm³/mol. The number of para-hydroxylation sites is 2. The van der Waals surface area contributed by atoms with Crippen LogP contribution in [0.4, 0.5) is 5.69 Å². The molecule has 0 saturated heterocycles. The lowest BCUT2D eigenvalue weighted by Crippen LogP contribution is -2.22. The normalized spacial score (nSPS) is 11.7. The summed E-state index contributed by atoms with van der Waals surface area (Å²) in [6.07, 6.45) is 0. The van der Waals surface area contributed by atoms with E-state index in [0.717, 1.165) is 25.1 Å². The summed E-state index contributed by atoms with van der Waals surface area (Å²) in [5.74, 6) is -0.389. The van der Waals surface area contributed by atoms with Crippen molar-refractivity contribution < 1.29 is 13.2 Å². The average molecular weight is 438 g/mol. The first-order valence-corrected chi connectivity index (χ1v) is 11.4. The average Bonchev–Trinajstić information content (AvgIpc) is 3.18. The molecule has 0 aliphatic heterocycles. The van der Waals surface area contributed by atoms with E-state index in [9.17, 15) is 13.2 Å². The molecule has 0 unspecified atom stereocenters. The van der Waals surface area contributed by atoms with Gasteiger partial charge in [0.2, 0.25) is 10.0 Å². The monoisotopic (exact) mass is 437 g/mol. The number of rotatable bonds is 5. The highest BCUT2D eigenvalue weighted by atomic mass is 32.2. The van der Waals surface area contributed by atoms with E-state index < -0.39 is 10.0 Å². The Balaban J connectivity index is 1.67. The van der Waals surface area contributed by atoms with Gasteiger partial charge in [0.05, 0.1) is 20.8 Å². The van der Waals surface area contributed by atoms with E-state index in [4.69, 9.17) is 0 Å². The number of aromatic nitrogens is 1. The molecule has 4 rings (SSSR count). The first-order chi connectivity index (χ1) is 14.4. The van der Waals surface area contributed by atoms with Crippen molar-refractivity contribution in [2.24, 2.45) is 0 Å². The van der Waals surface area contributed by atoms with Crippen molar-refractivity contribution in [2.45, 2.75) is 4.90 Å². The number of amides is 1. The van der Waals surface area contributed by atoms with Crippen LogP contribution in [0.5, 0.6) is 0 Å². The third-order valence-electron chi connectivity index (χ3n) is 4.57. The molecule has 0 spiro atoms. The minimum absolute atomic E-state index is 0.0691. The molecule has 1 N–H and O–H groups in total. The van der Waals surface area contributed by atoms with Crippen LogP contribution < -0.4 is 5.32 Å². The van der Waals surface area contributed by atoms with Crippen LogP contribution in [-0.4, -0.2) is 37.7 Å². The fourth-order valence-corrected chi connectivity index (χ4v) is 4.92. The molecule has 0 fully saturated rings. The van der Waals surface area contributed by atoms with Crippen LogP contribution >= 0.6 is 11.3 Å². The molecule has 30 heavy (non-hydrogen) atoms. The van der Waals surface area contributed by atoms with Crippen molar-refractivity contribution in [3.8, 4) is 10.6 Å². The largest absolute Gasteiger partial charge is 0.321 e. The zero-order valence-electron chi connectivity index (χ0n) is 16.4. The summed E-state index contributed by atoms with van der Waals surface area (Å²) in [5, 5.41) is 3.70. The van der Waals surface area contributed by atoms with E-state index >= 15 is 0 Å². The van der Waals surface area contributed by atoms with E-state index in [2.05, 4.69) is 10.3 Å². The molecule has 0 radical (unpaired) electrons. The Morgan fingerprint density at radius 1 is 0.967 bits per heavy atom. The molecule has 0 aliphatic rings. The van der Waals surface area contributed by atoms with Gasteiger partial charge in [0.15, 0.2) is 0 Å². The number of benzene rings is 3. The topological polar surface area (TPSA) is 79.4 Å². The lowest BCUT2D eigenvalue weighted by molar-refractivity contribution is 0.102. The molecule has 1 amide bonds. The standard InChI is InChI=1S/C22H19N3O3S2/c1-25(2)30(27,28)16-9-7-8-15(14-16)21(26)23-18-11-4-3-10-17(18)22-24-19-12-5-6-13-20(19)29-22/h3-14H,1-2H3,(H,23,26). The van der Waals surface area contributed by atoms with Gasteiger partial charge in [0.1, 0.15) is 5.01 Å². The number of nitrogens with one attached hydrogen (secondary N) is 1. The van der Waals surface area contributed by atoms with Gasteiger partial charge >= 0.3 is 0 Å². The summed E-state index contributed by atoms with van der Waals surface area (Å²) in [6, 6.07) is 21.3. The van der Waals surface area contributed by atoms with Crippen molar-refractivity contribution in [3.05, 3.63) is 78.4 Å². The quantitative estimate of drug-likeness (QED) is 0.500. The maximum absolute atomic E-state index is 12.9. The summed E-state index contributed by atoms with van der Waals surface area (Å²) < 4.78 is 26.9. The molecule has 8 heteroatoms. The number of sulfonamides is 1. The Hall–Kier alpha value is -3.07. The van der Waals surface area contributed by atoms with Gasteiger partial charge in [-0.15, -0.1) is 11.3 Å². The summed E-state index contributed by atoms with van der Waals surface area (Å²) in [5.41, 5.74) is 2.59. The number of anilines is 1. The predicted octanol–water partition coefficient (Wildman–Crippen LogP) is 4.47. The van der Waals surface area contributed by atoms with Crippen LogP contribution in [0.3, 0.4) is 0 Å². The van der Waals surface area contributed by atoms with Crippen LogP contribution in [0.25, 0.3) is 20.8 Å². The van der Waals surface area contributed by atoms with Crippen LogP contribution in [0.2, 0.25) is 0 Å². The highest BCUT2D eigenvalue weighted by Gasteiger charge is 2.19. The highest BCUT2D eigenvalue weighted by molar-refractivity contribution is 7.89. The molecule has 0 saturated carbocycles. The Morgan fingerprint density at radius 2 is 1.70 bits per heavy atom. The number of carbonyl (C=O) groups is 1. The number of hydrogen-bond donors (Lipinski definition) is 1. The summed E-state index contributed by atoms with van der Waals surface area (Å²) in [7, 11) is -0.717. The summed E-state index contributed by atoms with van der Waals surface area (Å²) >= 11 is 1.55. The Kier molecular flexibility index (Phi) is 5.38. The molecule has 152 valence electrons. The van der Waals surface area contributed by atoms with Gasteiger partial charge in [-0.05, 0) is 42.5 Å². The number of carbonyl (C=O) groups excluding carboxylic acids is 1. The van der Waals surface area contributed by atoms with E-state index in [1.54, 1.807) is 29.5 Å². The minimum Gasteiger partial charge on any atom is -0.321 e. The third kappa shape index (κ3) is 3.85. The van der Waals surface area contributed by atoms with E-state index in [-0.39, 0.29) is 16.4 Å². The number of nitrogens with zero attached hydrogens (tertiary/aromatic N) is 2. The molecule has 1 aromatic heterocycles. The van der Waals surface area contributed by atoms with Crippen LogP contribution in [0, 0.1) is 0 Å². The van der Waals surface area contributed by atoms with Gasteiger partial charge in [-0.2, -0.15) is 0 Å². The highest BCUT2D eigenvalue weighted by Crippen LogP contribution is 2.34. The molecule has 4 aromatic rings. The second kappa shape index (κ2) is 7.98. The lowest BCUT2D eigenvalue weighted by atomic mass is 10.1. The van der Waals surface area contributed by atoms with Crippen LogP contribution in [0.15, 0.2) is 77.7 Å². The third-order valence-corrected chi connectivity index (χ3v) is 7.46. The fourth-order valence-electron chi connectivity index (χ4n) is 2.97. The molecule has 0 atom stereocenters. The first-order valence-electron chi connectivity index (χ1n) is 9.15. The SMILES string of the molecule is CN(C)S(=O)(=O)c1cccc(C(=O)Nc2ccccc2-c2nc3ccccc3s2)c1. The van der Waals surface area contributed by atoms with Crippen LogP contribution in [-0.2, 0) is 10.0 Å². The first kappa shape index (κ1) is 20.2. The molecule has 3 aromatic carbocycles. The van der Waals surface area contributed by atoms with E-state index in [1.165, 1.54) is 26.2 Å². The Bertz CT molecular complexity index is 1310. The van der Waals surface area contributed by atoms with Crippen molar-refractivity contribution in [3.63, 3.8) is 0 Å². The lowest BCUT2D eigenvalue weighted by Gasteiger charge is -2.13. The van der Waals surface area contributed by atoms with Gasteiger partial charge in [-0.25, -0.2) is 17.7 Å². The number of hydrogen-bond acceptors (Lipinski definition) is 5. The number of fused-ring (bicyclic) bond motifs is 1. The molecular weight excluding hydrogens is 418 g/mol. The van der Waals surface area contributed by atoms with Crippen molar-refractivity contribution in [1.29, 1.82) is 0 Å². The molecule has 0 bridgehead atoms. The molecule has 1 heterocycles. The molecule has 0 aliphatic carbocycles. The van der Waals surface area contributed by atoms with Gasteiger partial charge in [-0.3, -0.25) is 4.79 Å². The second-order valence-electron chi connectivity index (χ2n) is 6.80. The fraction of sp³-hybridized carbons (Fsp3) is 0.0909. The van der Waals surface area contributed by atoms with Gasteiger partial charge in [0.25, 0.3) is 5.91 Å². The maximum atomic E-state index is 12.9. The van der Waals surface area contributed by atoms with Crippen molar-refractivity contribution in [2.75, 3.05) is 19.4 Å². The van der Waals surface area contributed by atoms with E-state index in [0.29, 0.717) is 5.69 Å². The Morgan fingerprint density at radius 3 is 2.47 bits per heavy atom. The molecular formula is C22H19N3O3S2. The zero-order chi connectivity index (χ0) is 21.3. The van der Waals surface area contributed by atoms with Gasteiger partial charge < -0.3 is 5.32 Å². The maximum Gasteiger partial charge on any atom is 0.255 e. The summed E-state index contributed by atoms with van der Waals surface area (Å²) in [6.45, 7) is 0. The van der Waals surface area contributed by atoms with Crippen LogP contribution in [0.1, 0.15) is 10.4 Å². The van der Waals surface area contributed by atoms with Gasteiger partial charge in [0, 0.05) is 25.2 Å². The smallest absolute Gasteiger partial charge is 0.255 e. The Labute approximate surface area is 178 Å². The van der Waals surface area contributed by atoms with Crippen molar-refractivity contribution in [1.82, 2.24) is 9.29 Å². The molecule has 6 nitrogen and oxygen atoms in total. The zero-order valence-corrected chi connectivity index (χ0v) is 18.0. The minimum atomic E-state index is -3.63. The van der Waals surface area contributed by atoms with E-state index in [1.807, 2.05) is 42.5 Å². The summed E-state index contributed by atoms with van der Waals surface area (Å²) in [4.78, 5) is 17.6. The van der Waals surface area contributed by atoms with Crippen molar-refractivity contribution >= 4 is 43.2 Å². The second-order valence-corrected chi connectivity index (χ2v) is 9.98. The van der Waals surface area contributed by atoms with Gasteiger partial charge in [-0.1, -0.05) is 30.3 Å². The number of thiazole rings is 1.